The van der Waals surface area contributed by atoms with Crippen LogP contribution in [0.15, 0.2) is 18.2 Å². The van der Waals surface area contributed by atoms with E-state index in [4.69, 9.17) is 4.74 Å². The lowest BCUT2D eigenvalue weighted by molar-refractivity contribution is -0.913. The predicted molar refractivity (Wildman–Crippen MR) is 108 cm³/mol. The van der Waals surface area contributed by atoms with Crippen molar-refractivity contribution in [2.75, 3.05) is 69.5 Å². The molecule has 0 spiro atoms. The molecule has 1 aliphatic heterocycles. The van der Waals surface area contributed by atoms with Crippen molar-refractivity contribution in [1.82, 2.24) is 4.90 Å². The van der Waals surface area contributed by atoms with E-state index in [-0.39, 0.29) is 27.6 Å². The maximum Gasteiger partial charge on any atom is 0.257 e. The smallest absolute Gasteiger partial charge is 0.257 e. The average Bonchev–Trinajstić information content (AvgIpc) is 2.63. The van der Waals surface area contributed by atoms with Gasteiger partial charge in [0.25, 0.3) is 10.0 Å². The number of amides is 1. The van der Waals surface area contributed by atoms with Gasteiger partial charge < -0.3 is 14.5 Å². The molecule has 0 atom stereocenters. The van der Waals surface area contributed by atoms with Crippen molar-refractivity contribution < 1.29 is 27.6 Å². The number of piperazine rings is 1. The Morgan fingerprint density at radius 1 is 1.36 bits per heavy atom. The van der Waals surface area contributed by atoms with Crippen LogP contribution in [0.3, 0.4) is 0 Å². The van der Waals surface area contributed by atoms with Crippen molar-refractivity contribution in [3.8, 4) is 5.75 Å². The summed E-state index contributed by atoms with van der Waals surface area (Å²) in [6.45, 7) is 6.07. The van der Waals surface area contributed by atoms with Crippen molar-refractivity contribution in [2.45, 2.75) is 13.3 Å². The fourth-order valence-electron chi connectivity index (χ4n) is 3.24. The van der Waals surface area contributed by atoms with Crippen LogP contribution in [0, 0.1) is 0 Å². The number of benzene rings is 1. The SMILES string of the molecule is COc1cc(N(O)S(=O)(=O)CCC[N+]2(C)CCN(C)CC2)ccc1NC(C)=O. The zero-order chi connectivity index (χ0) is 20.9. The Labute approximate surface area is 167 Å². The topological polar surface area (TPSA) is 99.2 Å². The maximum atomic E-state index is 12.5. The Hall–Kier alpha value is -1.88. The number of carbonyl (C=O) groups excluding carboxylic acids is 1. The van der Waals surface area contributed by atoms with E-state index in [9.17, 15) is 18.4 Å². The van der Waals surface area contributed by atoms with Crippen LogP contribution >= 0.6 is 0 Å². The van der Waals surface area contributed by atoms with Gasteiger partial charge in [-0.1, -0.05) is 0 Å². The van der Waals surface area contributed by atoms with Gasteiger partial charge in [0.15, 0.2) is 0 Å². The molecule has 1 fully saturated rings. The molecule has 0 aromatic heterocycles. The number of nitrogens with zero attached hydrogens (tertiary/aromatic N) is 3. The van der Waals surface area contributed by atoms with Crippen molar-refractivity contribution >= 4 is 27.3 Å². The molecule has 10 heteroatoms. The fourth-order valence-corrected chi connectivity index (χ4v) is 4.34. The largest absolute Gasteiger partial charge is 0.494 e. The molecule has 1 heterocycles. The molecule has 1 saturated heterocycles. The van der Waals surface area contributed by atoms with Crippen LogP contribution in [-0.2, 0) is 14.8 Å². The summed E-state index contributed by atoms with van der Waals surface area (Å²) >= 11 is 0. The molecule has 2 rings (SSSR count). The van der Waals surface area contributed by atoms with E-state index in [0.29, 0.717) is 12.1 Å². The number of ether oxygens (including phenoxy) is 1. The fraction of sp³-hybridized carbons (Fsp3) is 0.611. The van der Waals surface area contributed by atoms with E-state index in [1.54, 1.807) is 0 Å². The highest BCUT2D eigenvalue weighted by Gasteiger charge is 2.29. The van der Waals surface area contributed by atoms with Crippen molar-refractivity contribution in [3.63, 3.8) is 0 Å². The number of carbonyl (C=O) groups is 1. The second-order valence-corrected chi connectivity index (χ2v) is 9.49. The third kappa shape index (κ3) is 5.81. The molecule has 9 nitrogen and oxygen atoms in total. The highest BCUT2D eigenvalue weighted by molar-refractivity contribution is 7.92. The summed E-state index contributed by atoms with van der Waals surface area (Å²) < 4.78 is 31.4. The van der Waals surface area contributed by atoms with Crippen LogP contribution in [0.4, 0.5) is 11.4 Å². The van der Waals surface area contributed by atoms with Crippen LogP contribution in [0.2, 0.25) is 0 Å². The molecular weight excluding hydrogens is 384 g/mol. The summed E-state index contributed by atoms with van der Waals surface area (Å²) in [7, 11) is 1.74. The highest BCUT2D eigenvalue weighted by Crippen LogP contribution is 2.30. The number of anilines is 2. The van der Waals surface area contributed by atoms with Crippen molar-refractivity contribution in [1.29, 1.82) is 0 Å². The molecule has 1 amide bonds. The monoisotopic (exact) mass is 415 g/mol. The number of nitrogens with one attached hydrogen (secondary N) is 1. The lowest BCUT2D eigenvalue weighted by atomic mass is 10.2. The second-order valence-electron chi connectivity index (χ2n) is 7.57. The Morgan fingerprint density at radius 3 is 2.57 bits per heavy atom. The molecule has 0 aliphatic carbocycles. The van der Waals surface area contributed by atoms with Gasteiger partial charge in [0, 0.05) is 32.5 Å². The number of methoxy groups -OCH3 is 1. The highest BCUT2D eigenvalue weighted by atomic mass is 32.2. The molecule has 0 bridgehead atoms. The van der Waals surface area contributed by atoms with Crippen molar-refractivity contribution in [3.05, 3.63) is 18.2 Å². The quantitative estimate of drug-likeness (QED) is 0.485. The third-order valence-electron chi connectivity index (χ3n) is 5.12. The van der Waals surface area contributed by atoms with Gasteiger partial charge in [-0.2, -0.15) is 0 Å². The van der Waals surface area contributed by atoms with Gasteiger partial charge in [-0.3, -0.25) is 14.9 Å². The summed E-state index contributed by atoms with van der Waals surface area (Å²) in [5, 5.41) is 12.9. The van der Waals surface area contributed by atoms with Gasteiger partial charge in [0.1, 0.15) is 5.75 Å². The molecule has 1 aromatic rings. The first-order valence-electron chi connectivity index (χ1n) is 9.26. The van der Waals surface area contributed by atoms with Crippen LogP contribution < -0.4 is 14.5 Å². The first-order chi connectivity index (χ1) is 13.1. The van der Waals surface area contributed by atoms with E-state index >= 15 is 0 Å². The summed E-state index contributed by atoms with van der Waals surface area (Å²) in [5.41, 5.74) is 0.461. The average molecular weight is 416 g/mol. The van der Waals surface area contributed by atoms with E-state index in [1.165, 1.54) is 32.2 Å². The van der Waals surface area contributed by atoms with Gasteiger partial charge in [0.2, 0.25) is 5.91 Å². The van der Waals surface area contributed by atoms with E-state index in [0.717, 1.165) is 37.2 Å². The van der Waals surface area contributed by atoms with Crippen LogP contribution in [-0.4, -0.2) is 88.6 Å². The Bertz CT molecular complexity index is 791. The Balaban J connectivity index is 2.01. The molecule has 1 aliphatic rings. The Kier molecular flexibility index (Phi) is 7.27. The number of likely N-dealkylation sites (N-methyl/N-ethyl adjacent to an activating group) is 2. The minimum atomic E-state index is -3.89. The summed E-state index contributed by atoms with van der Waals surface area (Å²) in [5.74, 6) is -0.166. The Morgan fingerprint density at radius 2 is 2.00 bits per heavy atom. The third-order valence-corrected chi connectivity index (χ3v) is 6.67. The molecule has 2 N–H and O–H groups in total. The summed E-state index contributed by atoms with van der Waals surface area (Å²) in [6, 6.07) is 4.28. The molecule has 0 unspecified atom stereocenters. The minimum Gasteiger partial charge on any atom is -0.494 e. The number of rotatable bonds is 8. The van der Waals surface area contributed by atoms with E-state index in [1.807, 2.05) is 0 Å². The molecule has 0 saturated carbocycles. The standard InChI is InChI=1S/C18H30N4O5S/c1-15(23)19-17-7-6-16(14-18(17)27-4)21(24)28(25,26)13-5-10-22(3)11-8-20(2)9-12-22/h6-7,14,24H,5,8-13H2,1-4H3/p+1. The number of hydrogen-bond acceptors (Lipinski definition) is 6. The summed E-state index contributed by atoms with van der Waals surface area (Å²) in [4.78, 5) is 13.5. The van der Waals surface area contributed by atoms with Gasteiger partial charge in [-0.25, -0.2) is 8.42 Å². The molecule has 158 valence electrons. The molecule has 1 aromatic carbocycles. The second kappa shape index (κ2) is 9.08. The van der Waals surface area contributed by atoms with Gasteiger partial charge in [0.05, 0.1) is 50.9 Å². The van der Waals surface area contributed by atoms with Gasteiger partial charge in [-0.05, 0) is 19.2 Å². The van der Waals surface area contributed by atoms with E-state index < -0.39 is 10.0 Å². The van der Waals surface area contributed by atoms with Gasteiger partial charge in [-0.15, -0.1) is 4.47 Å². The number of sulfonamides is 1. The normalized spacial score (nSPS) is 17.2. The lowest BCUT2D eigenvalue weighted by Gasteiger charge is -2.41. The van der Waals surface area contributed by atoms with Crippen molar-refractivity contribution in [2.24, 2.45) is 0 Å². The van der Waals surface area contributed by atoms with Crippen LogP contribution in [0.5, 0.6) is 5.75 Å². The van der Waals surface area contributed by atoms with Gasteiger partial charge >= 0.3 is 0 Å². The first kappa shape index (κ1) is 22.4. The van der Waals surface area contributed by atoms with Crippen LogP contribution in [0.25, 0.3) is 0 Å². The maximum absolute atomic E-state index is 12.5. The first-order valence-corrected chi connectivity index (χ1v) is 10.9. The number of hydrogen-bond donors (Lipinski definition) is 2. The zero-order valence-corrected chi connectivity index (χ0v) is 17.8. The predicted octanol–water partition coefficient (Wildman–Crippen LogP) is 0.961. The molecular formula is C18H31N4O5S+. The molecule has 0 radical (unpaired) electrons. The summed E-state index contributed by atoms with van der Waals surface area (Å²) in [6.07, 6.45) is 0.459. The van der Waals surface area contributed by atoms with Crippen LogP contribution in [0.1, 0.15) is 13.3 Å². The zero-order valence-electron chi connectivity index (χ0n) is 17.0. The van der Waals surface area contributed by atoms with E-state index in [2.05, 4.69) is 24.3 Å². The number of quaternary nitrogens is 1. The molecule has 28 heavy (non-hydrogen) atoms. The minimum absolute atomic E-state index is 0.0611. The lowest BCUT2D eigenvalue weighted by Crippen LogP contribution is -2.56.